The Bertz CT molecular complexity index is 732. The summed E-state index contributed by atoms with van der Waals surface area (Å²) < 4.78 is 6.98. The van der Waals surface area contributed by atoms with Gasteiger partial charge in [-0.15, -0.1) is 10.2 Å². The molecule has 0 fully saturated rings. The monoisotopic (exact) mass is 363 g/mol. The SMILES string of the molecule is COc1cccc(-n2cnnc2SCC(=O)NCC(=O)NC(C)C)c1. The van der Waals surface area contributed by atoms with Gasteiger partial charge in [0.25, 0.3) is 0 Å². The molecule has 9 heteroatoms. The molecule has 1 aromatic carbocycles. The maximum absolute atomic E-state index is 11.9. The number of hydrogen-bond donors (Lipinski definition) is 2. The summed E-state index contributed by atoms with van der Waals surface area (Å²) in [6.07, 6.45) is 1.57. The third-order valence-electron chi connectivity index (χ3n) is 3.08. The van der Waals surface area contributed by atoms with Crippen LogP contribution in [-0.4, -0.2) is 52.0 Å². The highest BCUT2D eigenvalue weighted by Gasteiger charge is 2.12. The maximum atomic E-state index is 11.9. The Hall–Kier alpha value is -2.55. The fourth-order valence-electron chi connectivity index (χ4n) is 1.99. The molecule has 2 amide bonds. The smallest absolute Gasteiger partial charge is 0.239 e. The van der Waals surface area contributed by atoms with Gasteiger partial charge in [-0.3, -0.25) is 14.2 Å². The zero-order valence-corrected chi connectivity index (χ0v) is 15.2. The van der Waals surface area contributed by atoms with Crippen molar-refractivity contribution < 1.29 is 14.3 Å². The second-order valence-electron chi connectivity index (χ2n) is 5.47. The lowest BCUT2D eigenvalue weighted by Crippen LogP contribution is -2.40. The molecule has 0 bridgehead atoms. The van der Waals surface area contributed by atoms with E-state index in [0.717, 1.165) is 11.4 Å². The van der Waals surface area contributed by atoms with Gasteiger partial charge in [0.15, 0.2) is 5.16 Å². The number of ether oxygens (including phenoxy) is 1. The first kappa shape index (κ1) is 18.8. The lowest BCUT2D eigenvalue weighted by Gasteiger charge is -2.09. The second kappa shape index (κ2) is 9.07. The maximum Gasteiger partial charge on any atom is 0.239 e. The third-order valence-corrected chi connectivity index (χ3v) is 4.02. The zero-order chi connectivity index (χ0) is 18.2. The second-order valence-corrected chi connectivity index (χ2v) is 6.42. The first-order valence-electron chi connectivity index (χ1n) is 7.73. The van der Waals surface area contributed by atoms with E-state index in [0.29, 0.717) is 5.16 Å². The van der Waals surface area contributed by atoms with Crippen molar-refractivity contribution in [2.45, 2.75) is 25.0 Å². The number of methoxy groups -OCH3 is 1. The Morgan fingerprint density at radius 1 is 1.32 bits per heavy atom. The van der Waals surface area contributed by atoms with Crippen LogP contribution in [0.15, 0.2) is 35.7 Å². The van der Waals surface area contributed by atoms with Gasteiger partial charge >= 0.3 is 0 Å². The van der Waals surface area contributed by atoms with Gasteiger partial charge in [-0.05, 0) is 26.0 Å². The number of carbonyl (C=O) groups excluding carboxylic acids is 2. The van der Waals surface area contributed by atoms with E-state index in [-0.39, 0.29) is 30.2 Å². The summed E-state index contributed by atoms with van der Waals surface area (Å²) in [4.78, 5) is 23.4. The largest absolute Gasteiger partial charge is 0.497 e. The molecule has 0 aliphatic heterocycles. The fraction of sp³-hybridized carbons (Fsp3) is 0.375. The Kier molecular flexibility index (Phi) is 6.81. The Labute approximate surface area is 150 Å². The van der Waals surface area contributed by atoms with Crippen molar-refractivity contribution in [3.05, 3.63) is 30.6 Å². The van der Waals surface area contributed by atoms with Crippen LogP contribution in [0.2, 0.25) is 0 Å². The van der Waals surface area contributed by atoms with Crippen LogP contribution >= 0.6 is 11.8 Å². The van der Waals surface area contributed by atoms with Crippen molar-refractivity contribution in [2.75, 3.05) is 19.4 Å². The van der Waals surface area contributed by atoms with Gasteiger partial charge in [0, 0.05) is 12.1 Å². The van der Waals surface area contributed by atoms with Gasteiger partial charge in [-0.1, -0.05) is 17.8 Å². The molecule has 1 aromatic heterocycles. The standard InChI is InChI=1S/C16H21N5O3S/c1-11(2)19-14(22)8-17-15(23)9-25-16-20-18-10-21(16)12-5-4-6-13(7-12)24-3/h4-7,10-11H,8-9H2,1-3H3,(H,17,23)(H,19,22). The van der Waals surface area contributed by atoms with Gasteiger partial charge in [0.2, 0.25) is 11.8 Å². The van der Waals surface area contributed by atoms with E-state index in [2.05, 4.69) is 20.8 Å². The van der Waals surface area contributed by atoms with E-state index in [9.17, 15) is 9.59 Å². The number of thioether (sulfide) groups is 1. The van der Waals surface area contributed by atoms with Gasteiger partial charge in [-0.25, -0.2) is 0 Å². The highest BCUT2D eigenvalue weighted by Crippen LogP contribution is 2.22. The van der Waals surface area contributed by atoms with Crippen LogP contribution in [0.25, 0.3) is 5.69 Å². The fourth-order valence-corrected chi connectivity index (χ4v) is 2.75. The number of hydrogen-bond acceptors (Lipinski definition) is 6. The molecule has 1 heterocycles. The van der Waals surface area contributed by atoms with Crippen molar-refractivity contribution in [1.29, 1.82) is 0 Å². The molecular formula is C16H21N5O3S. The molecule has 0 saturated heterocycles. The first-order valence-corrected chi connectivity index (χ1v) is 8.71. The average molecular weight is 363 g/mol. The zero-order valence-electron chi connectivity index (χ0n) is 14.4. The Morgan fingerprint density at radius 3 is 2.84 bits per heavy atom. The highest BCUT2D eigenvalue weighted by molar-refractivity contribution is 7.99. The number of benzene rings is 1. The summed E-state index contributed by atoms with van der Waals surface area (Å²) >= 11 is 1.24. The molecule has 0 unspecified atom stereocenters. The molecule has 2 aromatic rings. The van der Waals surface area contributed by atoms with Crippen molar-refractivity contribution in [3.63, 3.8) is 0 Å². The number of aromatic nitrogens is 3. The van der Waals surface area contributed by atoms with E-state index in [1.54, 1.807) is 18.0 Å². The number of nitrogens with one attached hydrogen (secondary N) is 2. The topological polar surface area (TPSA) is 98.1 Å². The van der Waals surface area contributed by atoms with E-state index in [1.807, 2.05) is 38.1 Å². The molecule has 2 rings (SSSR count). The first-order chi connectivity index (χ1) is 12.0. The normalized spacial score (nSPS) is 10.6. The van der Waals surface area contributed by atoms with E-state index >= 15 is 0 Å². The quantitative estimate of drug-likeness (QED) is 0.679. The minimum absolute atomic E-state index is 0.0415. The molecule has 25 heavy (non-hydrogen) atoms. The minimum atomic E-state index is -0.246. The van der Waals surface area contributed by atoms with Gasteiger partial charge in [-0.2, -0.15) is 0 Å². The van der Waals surface area contributed by atoms with Crippen LogP contribution in [0, 0.1) is 0 Å². The Balaban J connectivity index is 1.90. The number of nitrogens with zero attached hydrogens (tertiary/aromatic N) is 3. The van der Waals surface area contributed by atoms with Crippen LogP contribution in [-0.2, 0) is 9.59 Å². The van der Waals surface area contributed by atoms with Crippen LogP contribution in [0.1, 0.15) is 13.8 Å². The summed E-state index contributed by atoms with van der Waals surface area (Å²) in [6, 6.07) is 7.50. The van der Waals surface area contributed by atoms with Crippen molar-refractivity contribution in [2.24, 2.45) is 0 Å². The van der Waals surface area contributed by atoms with E-state index < -0.39 is 0 Å². The average Bonchev–Trinajstić information content (AvgIpc) is 3.06. The molecule has 0 aliphatic carbocycles. The van der Waals surface area contributed by atoms with Gasteiger partial charge in [0.1, 0.15) is 12.1 Å². The van der Waals surface area contributed by atoms with Crippen molar-refractivity contribution in [1.82, 2.24) is 25.4 Å². The predicted molar refractivity (Wildman–Crippen MR) is 94.9 cm³/mol. The molecule has 0 spiro atoms. The van der Waals surface area contributed by atoms with E-state index in [4.69, 9.17) is 4.74 Å². The lowest BCUT2D eigenvalue weighted by molar-refractivity contribution is -0.125. The summed E-state index contributed by atoms with van der Waals surface area (Å²) in [7, 11) is 1.60. The number of amides is 2. The summed E-state index contributed by atoms with van der Waals surface area (Å²) in [5.74, 6) is 0.394. The number of rotatable bonds is 8. The summed E-state index contributed by atoms with van der Waals surface area (Å²) in [5.41, 5.74) is 0.837. The van der Waals surface area contributed by atoms with Crippen LogP contribution in [0.3, 0.4) is 0 Å². The van der Waals surface area contributed by atoms with Crippen molar-refractivity contribution >= 4 is 23.6 Å². The summed E-state index contributed by atoms with van der Waals surface area (Å²) in [5, 5.41) is 13.8. The van der Waals surface area contributed by atoms with Crippen LogP contribution in [0.4, 0.5) is 0 Å². The summed E-state index contributed by atoms with van der Waals surface area (Å²) in [6.45, 7) is 3.68. The van der Waals surface area contributed by atoms with Gasteiger partial charge < -0.3 is 15.4 Å². The van der Waals surface area contributed by atoms with E-state index in [1.165, 1.54) is 11.8 Å². The van der Waals surface area contributed by atoms with Crippen LogP contribution in [0.5, 0.6) is 5.75 Å². The molecule has 8 nitrogen and oxygen atoms in total. The molecular weight excluding hydrogens is 342 g/mol. The lowest BCUT2D eigenvalue weighted by atomic mass is 10.3. The third kappa shape index (κ3) is 5.79. The predicted octanol–water partition coefficient (Wildman–Crippen LogP) is 1.01. The molecule has 0 atom stereocenters. The molecule has 0 radical (unpaired) electrons. The number of carbonyl (C=O) groups is 2. The Morgan fingerprint density at radius 2 is 2.12 bits per heavy atom. The van der Waals surface area contributed by atoms with Crippen molar-refractivity contribution in [3.8, 4) is 11.4 Å². The molecule has 0 saturated carbocycles. The molecule has 134 valence electrons. The molecule has 0 aliphatic rings. The van der Waals surface area contributed by atoms with Gasteiger partial charge in [0.05, 0.1) is 25.1 Å². The minimum Gasteiger partial charge on any atom is -0.497 e. The molecule has 2 N–H and O–H groups in total. The van der Waals surface area contributed by atoms with Crippen LogP contribution < -0.4 is 15.4 Å². The highest BCUT2D eigenvalue weighted by atomic mass is 32.2.